The Kier molecular flexibility index (Phi) is 7.08. The third kappa shape index (κ3) is 6.40. The van der Waals surface area contributed by atoms with Crippen LogP contribution < -0.4 is 9.46 Å². The summed E-state index contributed by atoms with van der Waals surface area (Å²) < 4.78 is 30.3. The van der Waals surface area contributed by atoms with Gasteiger partial charge in [0.2, 0.25) is 15.9 Å². The van der Waals surface area contributed by atoms with Gasteiger partial charge in [-0.2, -0.15) is 0 Å². The number of halogens is 2. The van der Waals surface area contributed by atoms with Crippen molar-refractivity contribution < 1.29 is 13.2 Å². The fourth-order valence-corrected chi connectivity index (χ4v) is 3.34. The smallest absolute Gasteiger partial charge is 0.232 e. The van der Waals surface area contributed by atoms with Crippen LogP contribution in [0.3, 0.4) is 0 Å². The van der Waals surface area contributed by atoms with Crippen LogP contribution in [0.15, 0.2) is 54.7 Å². The first-order chi connectivity index (χ1) is 13.8. The Morgan fingerprint density at radius 2 is 1.48 bits per heavy atom. The van der Waals surface area contributed by atoms with Crippen molar-refractivity contribution in [1.29, 1.82) is 0 Å². The Morgan fingerprint density at radius 1 is 0.931 bits per heavy atom. The number of hydrogen-bond acceptors (Lipinski definition) is 5. The highest BCUT2D eigenvalue weighted by Crippen LogP contribution is 2.31. The molecule has 0 radical (unpaired) electrons. The SMILES string of the molecule is CS(=O)(=O)NCCCOc1cnc(-c2ccc(Cl)cc2)c(-c2ccc(Cl)cc2)n1. The summed E-state index contributed by atoms with van der Waals surface area (Å²) in [7, 11) is -3.21. The zero-order chi connectivity index (χ0) is 20.9. The minimum Gasteiger partial charge on any atom is -0.477 e. The second-order valence-corrected chi connectivity index (χ2v) is 8.99. The molecule has 0 spiro atoms. The summed E-state index contributed by atoms with van der Waals surface area (Å²) in [6.07, 6.45) is 3.17. The van der Waals surface area contributed by atoms with Gasteiger partial charge >= 0.3 is 0 Å². The molecule has 0 aliphatic heterocycles. The molecule has 1 N–H and O–H groups in total. The molecule has 0 amide bonds. The third-order valence-corrected chi connectivity index (χ3v) is 5.15. The summed E-state index contributed by atoms with van der Waals surface area (Å²) in [5.74, 6) is 0.354. The van der Waals surface area contributed by atoms with E-state index in [4.69, 9.17) is 27.9 Å². The third-order valence-electron chi connectivity index (χ3n) is 3.92. The second kappa shape index (κ2) is 9.54. The molecule has 0 fully saturated rings. The number of sulfonamides is 1. The molecule has 3 aromatic rings. The van der Waals surface area contributed by atoms with Gasteiger partial charge in [-0.3, -0.25) is 0 Å². The van der Waals surface area contributed by atoms with Gasteiger partial charge in [-0.1, -0.05) is 47.5 Å². The van der Waals surface area contributed by atoms with Crippen molar-refractivity contribution in [2.45, 2.75) is 6.42 Å². The average Bonchev–Trinajstić information content (AvgIpc) is 2.68. The van der Waals surface area contributed by atoms with Crippen LogP contribution in [0.25, 0.3) is 22.5 Å². The quantitative estimate of drug-likeness (QED) is 0.512. The van der Waals surface area contributed by atoms with E-state index < -0.39 is 10.0 Å². The van der Waals surface area contributed by atoms with E-state index in [0.717, 1.165) is 17.4 Å². The average molecular weight is 452 g/mol. The van der Waals surface area contributed by atoms with Crippen molar-refractivity contribution in [3.8, 4) is 28.4 Å². The Hall–Kier alpha value is -2.19. The molecule has 9 heteroatoms. The van der Waals surface area contributed by atoms with Crippen molar-refractivity contribution in [1.82, 2.24) is 14.7 Å². The number of nitrogens with zero attached hydrogens (tertiary/aromatic N) is 2. The van der Waals surface area contributed by atoms with Gasteiger partial charge in [0.05, 0.1) is 24.8 Å². The molecule has 152 valence electrons. The molecular weight excluding hydrogens is 433 g/mol. The lowest BCUT2D eigenvalue weighted by atomic mass is 10.0. The summed E-state index contributed by atoms with van der Waals surface area (Å²) in [4.78, 5) is 9.16. The molecule has 6 nitrogen and oxygen atoms in total. The maximum Gasteiger partial charge on any atom is 0.232 e. The molecule has 0 unspecified atom stereocenters. The number of nitrogens with one attached hydrogen (secondary N) is 1. The van der Waals surface area contributed by atoms with Gasteiger partial charge in [-0.05, 0) is 30.7 Å². The summed E-state index contributed by atoms with van der Waals surface area (Å²) in [5.41, 5.74) is 3.05. The number of ether oxygens (including phenoxy) is 1. The molecule has 3 rings (SSSR count). The number of benzene rings is 2. The molecule has 0 aliphatic rings. The Morgan fingerprint density at radius 3 is 2.03 bits per heavy atom. The van der Waals surface area contributed by atoms with Crippen LogP contribution in [0.1, 0.15) is 6.42 Å². The lowest BCUT2D eigenvalue weighted by Crippen LogP contribution is -2.24. The Bertz CT molecular complexity index is 1070. The van der Waals surface area contributed by atoms with Crippen molar-refractivity contribution in [2.24, 2.45) is 0 Å². The van der Waals surface area contributed by atoms with Crippen LogP contribution in [-0.2, 0) is 10.0 Å². The van der Waals surface area contributed by atoms with Gasteiger partial charge in [0.1, 0.15) is 5.69 Å². The molecule has 1 aromatic heterocycles. The number of rotatable bonds is 8. The van der Waals surface area contributed by atoms with Gasteiger partial charge in [0, 0.05) is 27.7 Å². The molecule has 2 aromatic carbocycles. The van der Waals surface area contributed by atoms with Crippen molar-refractivity contribution in [2.75, 3.05) is 19.4 Å². The lowest BCUT2D eigenvalue weighted by Gasteiger charge is -2.12. The van der Waals surface area contributed by atoms with Crippen molar-refractivity contribution in [3.63, 3.8) is 0 Å². The van der Waals surface area contributed by atoms with Crippen LogP contribution in [0.5, 0.6) is 5.88 Å². The van der Waals surface area contributed by atoms with Gasteiger partial charge in [-0.25, -0.2) is 23.1 Å². The topological polar surface area (TPSA) is 81.2 Å². The monoisotopic (exact) mass is 451 g/mol. The maximum atomic E-state index is 11.1. The highest BCUT2D eigenvalue weighted by molar-refractivity contribution is 7.88. The summed E-state index contributed by atoms with van der Waals surface area (Å²) in [5, 5.41) is 1.26. The molecule has 0 saturated carbocycles. The molecular formula is C20H19Cl2N3O3S. The largest absolute Gasteiger partial charge is 0.477 e. The number of aromatic nitrogens is 2. The number of hydrogen-bond donors (Lipinski definition) is 1. The van der Waals surface area contributed by atoms with Crippen LogP contribution in [-0.4, -0.2) is 37.8 Å². The van der Waals surface area contributed by atoms with E-state index >= 15 is 0 Å². The predicted molar refractivity (Wildman–Crippen MR) is 116 cm³/mol. The first-order valence-corrected chi connectivity index (χ1v) is 11.4. The van der Waals surface area contributed by atoms with Crippen LogP contribution in [0.2, 0.25) is 10.0 Å². The van der Waals surface area contributed by atoms with Crippen LogP contribution in [0.4, 0.5) is 0 Å². The minimum absolute atomic E-state index is 0.291. The van der Waals surface area contributed by atoms with E-state index in [2.05, 4.69) is 14.7 Å². The zero-order valence-corrected chi connectivity index (χ0v) is 17.9. The fourth-order valence-electron chi connectivity index (χ4n) is 2.58. The van der Waals surface area contributed by atoms with Crippen molar-refractivity contribution >= 4 is 33.2 Å². The van der Waals surface area contributed by atoms with Gasteiger partial charge in [0.15, 0.2) is 0 Å². The molecule has 0 bridgehead atoms. The van der Waals surface area contributed by atoms with Crippen LogP contribution >= 0.6 is 23.2 Å². The highest BCUT2D eigenvalue weighted by atomic mass is 35.5. The Balaban J connectivity index is 1.84. The van der Waals surface area contributed by atoms with Crippen LogP contribution in [0, 0.1) is 0 Å². The highest BCUT2D eigenvalue weighted by Gasteiger charge is 2.13. The summed E-state index contributed by atoms with van der Waals surface area (Å²) in [6.45, 7) is 0.594. The molecule has 0 saturated heterocycles. The standard InChI is InChI=1S/C20H19Cl2N3O3S/c1-29(26,27)24-11-2-12-28-18-13-23-19(14-3-7-16(21)8-4-14)20(25-18)15-5-9-17(22)10-6-15/h3-10,13,24H,2,11-12H2,1H3. The van der Waals surface area contributed by atoms with Gasteiger partial charge in [-0.15, -0.1) is 0 Å². The first kappa shape index (κ1) is 21.5. The van der Waals surface area contributed by atoms with Gasteiger partial charge in [0.25, 0.3) is 0 Å². The van der Waals surface area contributed by atoms with E-state index in [1.807, 2.05) is 24.3 Å². The van der Waals surface area contributed by atoms with E-state index in [9.17, 15) is 8.42 Å². The van der Waals surface area contributed by atoms with E-state index in [1.54, 1.807) is 30.5 Å². The Labute approximate surface area is 179 Å². The predicted octanol–water partition coefficient (Wildman–Crippen LogP) is 4.44. The second-order valence-electron chi connectivity index (χ2n) is 6.29. The minimum atomic E-state index is -3.21. The normalized spacial score (nSPS) is 11.4. The van der Waals surface area contributed by atoms with E-state index in [1.165, 1.54) is 0 Å². The lowest BCUT2D eigenvalue weighted by molar-refractivity contribution is 0.299. The van der Waals surface area contributed by atoms with Gasteiger partial charge < -0.3 is 4.74 Å². The zero-order valence-electron chi connectivity index (χ0n) is 15.6. The molecule has 29 heavy (non-hydrogen) atoms. The molecule has 0 atom stereocenters. The maximum absolute atomic E-state index is 11.1. The molecule has 0 aliphatic carbocycles. The molecule has 1 heterocycles. The van der Waals surface area contributed by atoms with E-state index in [0.29, 0.717) is 46.9 Å². The fraction of sp³-hybridized carbons (Fsp3) is 0.200. The first-order valence-electron chi connectivity index (χ1n) is 8.78. The summed E-state index contributed by atoms with van der Waals surface area (Å²) >= 11 is 12.0. The van der Waals surface area contributed by atoms with E-state index in [-0.39, 0.29) is 0 Å². The summed E-state index contributed by atoms with van der Waals surface area (Å²) in [6, 6.07) is 14.7. The van der Waals surface area contributed by atoms with Crippen molar-refractivity contribution in [3.05, 3.63) is 64.8 Å².